The summed E-state index contributed by atoms with van der Waals surface area (Å²) in [7, 11) is -2.36. The topological polar surface area (TPSA) is 75.7 Å². The van der Waals surface area contributed by atoms with Crippen LogP contribution in [0.1, 0.15) is 25.3 Å². The van der Waals surface area contributed by atoms with Crippen molar-refractivity contribution < 1.29 is 17.9 Å². The summed E-state index contributed by atoms with van der Waals surface area (Å²) < 4.78 is 31.6. The van der Waals surface area contributed by atoms with Gasteiger partial charge in [0.15, 0.2) is 4.75 Å². The van der Waals surface area contributed by atoms with Crippen LogP contribution in [0, 0.1) is 6.92 Å². The second kappa shape index (κ2) is 7.64. The normalized spacial score (nSPS) is 21.2. The van der Waals surface area contributed by atoms with Crippen LogP contribution in [0.2, 0.25) is 5.02 Å². The van der Waals surface area contributed by atoms with E-state index in [4.69, 9.17) is 16.3 Å². The summed E-state index contributed by atoms with van der Waals surface area (Å²) in [5.41, 5.74) is 1.86. The Labute approximate surface area is 170 Å². The van der Waals surface area contributed by atoms with Gasteiger partial charge in [0.05, 0.1) is 12.8 Å². The molecule has 6 nitrogen and oxygen atoms in total. The van der Waals surface area contributed by atoms with Crippen LogP contribution >= 0.6 is 11.6 Å². The van der Waals surface area contributed by atoms with Crippen molar-refractivity contribution in [1.82, 2.24) is 0 Å². The molecule has 28 heavy (non-hydrogen) atoms. The zero-order valence-corrected chi connectivity index (χ0v) is 17.6. The Hall–Kier alpha value is -2.25. The fourth-order valence-corrected chi connectivity index (χ4v) is 5.38. The highest BCUT2D eigenvalue weighted by molar-refractivity contribution is 7.95. The van der Waals surface area contributed by atoms with Crippen molar-refractivity contribution in [1.29, 1.82) is 0 Å². The van der Waals surface area contributed by atoms with Crippen LogP contribution in [0.15, 0.2) is 42.5 Å². The number of hydrogen-bond acceptors (Lipinski definition) is 4. The summed E-state index contributed by atoms with van der Waals surface area (Å²) in [5, 5.41) is 3.31. The molecule has 1 saturated heterocycles. The van der Waals surface area contributed by atoms with Gasteiger partial charge in [-0.25, -0.2) is 8.42 Å². The summed E-state index contributed by atoms with van der Waals surface area (Å²) in [6, 6.07) is 11.8. The van der Waals surface area contributed by atoms with Gasteiger partial charge in [0.1, 0.15) is 5.75 Å². The molecule has 1 amide bonds. The number of aryl methyl sites for hydroxylation is 1. The lowest BCUT2D eigenvalue weighted by molar-refractivity contribution is -0.118. The summed E-state index contributed by atoms with van der Waals surface area (Å²) >= 11 is 5.91. The second-order valence-electron chi connectivity index (χ2n) is 7.02. The SMILES string of the molecule is COc1ccc(NC(=O)[C@]2(C)CCCN(c3ccc(Cl)cc3)S2(=O)=O)c(C)c1. The molecule has 0 aromatic heterocycles. The number of nitrogens with one attached hydrogen (secondary N) is 1. The van der Waals surface area contributed by atoms with Gasteiger partial charge in [0, 0.05) is 17.3 Å². The largest absolute Gasteiger partial charge is 0.497 e. The Kier molecular flexibility index (Phi) is 5.59. The number of carbonyl (C=O) groups excluding carboxylic acids is 1. The maximum absolute atomic E-state index is 13.3. The molecule has 0 radical (unpaired) electrons. The van der Waals surface area contributed by atoms with Crippen molar-refractivity contribution in [3.8, 4) is 5.75 Å². The van der Waals surface area contributed by atoms with Crippen LogP contribution in [0.4, 0.5) is 11.4 Å². The van der Waals surface area contributed by atoms with Gasteiger partial charge < -0.3 is 10.1 Å². The maximum Gasteiger partial charge on any atom is 0.249 e. The Bertz CT molecular complexity index is 992. The predicted octanol–water partition coefficient (Wildman–Crippen LogP) is 3.98. The fourth-order valence-electron chi connectivity index (χ4n) is 3.32. The molecule has 2 aromatic carbocycles. The van der Waals surface area contributed by atoms with E-state index in [1.54, 1.807) is 49.6 Å². The zero-order chi connectivity index (χ0) is 20.5. The first-order valence-electron chi connectivity index (χ1n) is 8.93. The van der Waals surface area contributed by atoms with E-state index in [9.17, 15) is 13.2 Å². The van der Waals surface area contributed by atoms with E-state index in [1.807, 2.05) is 6.92 Å². The molecular weight excluding hydrogens is 400 g/mol. The molecule has 0 spiro atoms. The van der Waals surface area contributed by atoms with E-state index in [1.165, 1.54) is 11.2 Å². The van der Waals surface area contributed by atoms with Gasteiger partial charge >= 0.3 is 0 Å². The van der Waals surface area contributed by atoms with E-state index < -0.39 is 20.7 Å². The minimum absolute atomic E-state index is 0.250. The van der Waals surface area contributed by atoms with Gasteiger partial charge in [-0.2, -0.15) is 0 Å². The lowest BCUT2D eigenvalue weighted by atomic mass is 10.0. The number of nitrogens with zero attached hydrogens (tertiary/aromatic N) is 1. The maximum atomic E-state index is 13.3. The van der Waals surface area contributed by atoms with Crippen molar-refractivity contribution in [2.45, 2.75) is 31.4 Å². The average Bonchev–Trinajstić information content (AvgIpc) is 2.66. The first-order valence-corrected chi connectivity index (χ1v) is 10.7. The smallest absolute Gasteiger partial charge is 0.249 e. The molecule has 0 saturated carbocycles. The molecule has 1 fully saturated rings. The molecule has 3 rings (SSSR count). The highest BCUT2D eigenvalue weighted by atomic mass is 35.5. The molecule has 0 aliphatic carbocycles. The number of halogens is 1. The third-order valence-corrected chi connectivity index (χ3v) is 7.91. The number of amides is 1. The first kappa shape index (κ1) is 20.5. The number of sulfonamides is 1. The average molecular weight is 423 g/mol. The molecule has 1 aliphatic heterocycles. The zero-order valence-electron chi connectivity index (χ0n) is 16.0. The van der Waals surface area contributed by atoms with Crippen LogP contribution in [0.5, 0.6) is 5.75 Å². The summed E-state index contributed by atoms with van der Waals surface area (Å²) in [6.07, 6.45) is 0.827. The monoisotopic (exact) mass is 422 g/mol. The first-order chi connectivity index (χ1) is 13.2. The van der Waals surface area contributed by atoms with Crippen LogP contribution in [0.3, 0.4) is 0 Å². The molecule has 0 unspecified atom stereocenters. The minimum Gasteiger partial charge on any atom is -0.497 e. The number of anilines is 2. The van der Waals surface area contributed by atoms with Crippen LogP contribution in [-0.4, -0.2) is 32.7 Å². The van der Waals surface area contributed by atoms with Gasteiger partial charge in [-0.15, -0.1) is 0 Å². The van der Waals surface area contributed by atoms with Crippen molar-refractivity contribution in [2.75, 3.05) is 23.3 Å². The highest BCUT2D eigenvalue weighted by Gasteiger charge is 2.52. The molecule has 1 N–H and O–H groups in total. The molecule has 1 heterocycles. The molecule has 2 aromatic rings. The third-order valence-electron chi connectivity index (χ3n) is 5.15. The highest BCUT2D eigenvalue weighted by Crippen LogP contribution is 2.37. The van der Waals surface area contributed by atoms with Crippen LogP contribution in [-0.2, 0) is 14.8 Å². The molecule has 8 heteroatoms. The van der Waals surface area contributed by atoms with Gasteiger partial charge in [0.25, 0.3) is 0 Å². The number of benzene rings is 2. The molecule has 1 aliphatic rings. The summed E-state index contributed by atoms with van der Waals surface area (Å²) in [6.45, 7) is 3.64. The van der Waals surface area contributed by atoms with E-state index in [0.29, 0.717) is 35.1 Å². The van der Waals surface area contributed by atoms with Gasteiger partial charge in [-0.3, -0.25) is 9.10 Å². The van der Waals surface area contributed by atoms with E-state index in [-0.39, 0.29) is 6.42 Å². The third kappa shape index (κ3) is 3.56. The Morgan fingerprint density at radius 2 is 1.89 bits per heavy atom. The Balaban J connectivity index is 1.91. The fraction of sp³-hybridized carbons (Fsp3) is 0.350. The Morgan fingerprint density at radius 1 is 1.21 bits per heavy atom. The van der Waals surface area contributed by atoms with E-state index in [0.717, 1.165) is 5.56 Å². The predicted molar refractivity (Wildman–Crippen MR) is 112 cm³/mol. The second-order valence-corrected chi connectivity index (χ2v) is 9.75. The van der Waals surface area contributed by atoms with Crippen molar-refractivity contribution in [2.24, 2.45) is 0 Å². The van der Waals surface area contributed by atoms with E-state index in [2.05, 4.69) is 5.32 Å². The minimum atomic E-state index is -3.92. The van der Waals surface area contributed by atoms with Crippen LogP contribution in [0.25, 0.3) is 0 Å². The Morgan fingerprint density at radius 3 is 2.50 bits per heavy atom. The number of hydrogen-bond donors (Lipinski definition) is 1. The van der Waals surface area contributed by atoms with E-state index >= 15 is 0 Å². The molecule has 0 bridgehead atoms. The number of rotatable bonds is 4. The molecule has 150 valence electrons. The number of carbonyl (C=O) groups is 1. The van der Waals surface area contributed by atoms with Gasteiger partial charge in [-0.05, 0) is 74.7 Å². The summed E-state index contributed by atoms with van der Waals surface area (Å²) in [5.74, 6) is 0.125. The summed E-state index contributed by atoms with van der Waals surface area (Å²) in [4.78, 5) is 13.1. The lowest BCUT2D eigenvalue weighted by Crippen LogP contribution is -2.57. The lowest BCUT2D eigenvalue weighted by Gasteiger charge is -2.39. The van der Waals surface area contributed by atoms with Gasteiger partial charge in [0.2, 0.25) is 15.9 Å². The molecular formula is C20H23ClN2O4S. The van der Waals surface area contributed by atoms with Crippen molar-refractivity contribution >= 4 is 38.9 Å². The standard InChI is InChI=1S/C20H23ClN2O4S/c1-14-13-17(27-3)9-10-18(14)22-19(24)20(2)11-4-12-23(28(20,25)26)16-7-5-15(21)6-8-16/h5-10,13H,4,11-12H2,1-3H3,(H,22,24)/t20-/m0/s1. The van der Waals surface area contributed by atoms with Gasteiger partial charge in [-0.1, -0.05) is 11.6 Å². The number of ether oxygens (including phenoxy) is 1. The van der Waals surface area contributed by atoms with Crippen molar-refractivity contribution in [3.05, 3.63) is 53.1 Å². The quantitative estimate of drug-likeness (QED) is 0.808. The van der Waals surface area contributed by atoms with Crippen molar-refractivity contribution in [3.63, 3.8) is 0 Å². The molecule has 1 atom stereocenters. The van der Waals surface area contributed by atoms with Crippen LogP contribution < -0.4 is 14.4 Å². The number of methoxy groups -OCH3 is 1.